The maximum absolute atomic E-state index is 10.4. The quantitative estimate of drug-likeness (QED) is 0.649. The predicted molar refractivity (Wildman–Crippen MR) is 71.0 cm³/mol. The minimum atomic E-state index is -0.724. The molecule has 0 saturated carbocycles. The van der Waals surface area contributed by atoms with Gasteiger partial charge in [0.15, 0.2) is 0 Å². The van der Waals surface area contributed by atoms with E-state index in [-0.39, 0.29) is 0 Å². The number of ether oxygens (including phenoxy) is 1. The highest BCUT2D eigenvalue weighted by atomic mass is 16.5. The van der Waals surface area contributed by atoms with Gasteiger partial charge in [0, 0.05) is 5.56 Å². The summed E-state index contributed by atoms with van der Waals surface area (Å²) in [6.45, 7) is 0. The van der Waals surface area contributed by atoms with Crippen LogP contribution in [0, 0.1) is 0 Å². The fourth-order valence-electron chi connectivity index (χ4n) is 1.49. The molecule has 2 aromatic rings. The Kier molecular flexibility index (Phi) is 3.82. The highest BCUT2D eigenvalue weighted by Crippen LogP contribution is 2.23. The molecule has 1 aromatic carbocycles. The molecule has 0 radical (unpaired) electrons. The van der Waals surface area contributed by atoms with Crippen LogP contribution < -0.4 is 15.9 Å². The van der Waals surface area contributed by atoms with Crippen LogP contribution in [0.5, 0.6) is 5.75 Å². The van der Waals surface area contributed by atoms with Crippen molar-refractivity contribution in [1.29, 1.82) is 0 Å². The molecule has 0 bridgehead atoms. The SMILES string of the molecule is COc1ccc(-c2ccc(C=NNC(N)=O)o2)cc1. The number of primary amides is 1. The van der Waals surface area contributed by atoms with Crippen LogP contribution in [-0.4, -0.2) is 19.4 Å². The average molecular weight is 259 g/mol. The van der Waals surface area contributed by atoms with Crippen LogP contribution >= 0.6 is 0 Å². The third-order valence-corrected chi connectivity index (χ3v) is 2.37. The second-order valence-electron chi connectivity index (χ2n) is 3.66. The van der Waals surface area contributed by atoms with E-state index in [0.29, 0.717) is 11.5 Å². The summed E-state index contributed by atoms with van der Waals surface area (Å²) in [7, 11) is 1.61. The van der Waals surface area contributed by atoms with Crippen molar-refractivity contribution in [3.05, 3.63) is 42.2 Å². The van der Waals surface area contributed by atoms with Gasteiger partial charge in [-0.3, -0.25) is 0 Å². The van der Waals surface area contributed by atoms with E-state index in [9.17, 15) is 4.79 Å². The van der Waals surface area contributed by atoms with E-state index in [4.69, 9.17) is 14.9 Å². The third-order valence-electron chi connectivity index (χ3n) is 2.37. The van der Waals surface area contributed by atoms with Crippen LogP contribution in [0.1, 0.15) is 5.76 Å². The molecule has 2 rings (SSSR count). The van der Waals surface area contributed by atoms with Crippen LogP contribution in [0.15, 0.2) is 45.9 Å². The monoisotopic (exact) mass is 259 g/mol. The number of rotatable bonds is 4. The minimum Gasteiger partial charge on any atom is -0.497 e. The Bertz CT molecular complexity index is 587. The molecule has 0 saturated heterocycles. The zero-order chi connectivity index (χ0) is 13.7. The van der Waals surface area contributed by atoms with Gasteiger partial charge in [0.25, 0.3) is 0 Å². The van der Waals surface area contributed by atoms with E-state index in [1.165, 1.54) is 6.21 Å². The first-order chi connectivity index (χ1) is 9.19. The first kappa shape index (κ1) is 12.7. The van der Waals surface area contributed by atoms with Gasteiger partial charge in [0.1, 0.15) is 17.3 Å². The standard InChI is InChI=1S/C13H13N3O3/c1-18-10-4-2-9(3-5-10)12-7-6-11(19-12)8-15-16-13(14)17/h2-8H,1H3,(H3,14,16,17). The third kappa shape index (κ3) is 3.35. The number of furan rings is 1. The van der Waals surface area contributed by atoms with Gasteiger partial charge >= 0.3 is 6.03 Å². The van der Waals surface area contributed by atoms with Gasteiger partial charge in [0.05, 0.1) is 13.3 Å². The van der Waals surface area contributed by atoms with Gasteiger partial charge < -0.3 is 14.9 Å². The maximum Gasteiger partial charge on any atom is 0.332 e. The van der Waals surface area contributed by atoms with E-state index in [2.05, 4.69) is 10.5 Å². The second kappa shape index (κ2) is 5.72. The summed E-state index contributed by atoms with van der Waals surface area (Å²) in [6.07, 6.45) is 1.37. The molecular weight excluding hydrogens is 246 g/mol. The number of nitrogens with zero attached hydrogens (tertiary/aromatic N) is 1. The number of urea groups is 1. The van der Waals surface area contributed by atoms with E-state index in [0.717, 1.165) is 11.3 Å². The van der Waals surface area contributed by atoms with Crippen LogP contribution in [0.25, 0.3) is 11.3 Å². The lowest BCUT2D eigenvalue weighted by molar-refractivity contribution is 0.249. The summed E-state index contributed by atoms with van der Waals surface area (Å²) in [4.78, 5) is 10.4. The zero-order valence-electron chi connectivity index (χ0n) is 10.3. The maximum atomic E-state index is 10.4. The van der Waals surface area contributed by atoms with Crippen molar-refractivity contribution < 1.29 is 13.9 Å². The number of carbonyl (C=O) groups is 1. The lowest BCUT2D eigenvalue weighted by Crippen LogP contribution is -2.24. The number of hydrogen-bond donors (Lipinski definition) is 2. The van der Waals surface area contributed by atoms with Crippen molar-refractivity contribution in [1.82, 2.24) is 5.43 Å². The van der Waals surface area contributed by atoms with Crippen molar-refractivity contribution in [2.24, 2.45) is 10.8 Å². The van der Waals surface area contributed by atoms with E-state index in [1.54, 1.807) is 13.2 Å². The molecule has 1 aromatic heterocycles. The van der Waals surface area contributed by atoms with Crippen molar-refractivity contribution >= 4 is 12.2 Å². The number of benzene rings is 1. The fourth-order valence-corrected chi connectivity index (χ4v) is 1.49. The molecule has 0 atom stereocenters. The van der Waals surface area contributed by atoms with E-state index < -0.39 is 6.03 Å². The normalized spacial score (nSPS) is 10.6. The Balaban J connectivity index is 2.11. The van der Waals surface area contributed by atoms with Gasteiger partial charge in [-0.1, -0.05) is 0 Å². The Morgan fingerprint density at radius 3 is 2.68 bits per heavy atom. The Labute approximate surface area is 109 Å². The van der Waals surface area contributed by atoms with E-state index >= 15 is 0 Å². The van der Waals surface area contributed by atoms with Crippen LogP contribution in [0.4, 0.5) is 4.79 Å². The first-order valence-electron chi connectivity index (χ1n) is 5.52. The van der Waals surface area contributed by atoms with Crippen molar-refractivity contribution in [3.8, 4) is 17.1 Å². The van der Waals surface area contributed by atoms with Gasteiger partial charge in [-0.25, -0.2) is 10.2 Å². The average Bonchev–Trinajstić information content (AvgIpc) is 2.87. The van der Waals surface area contributed by atoms with Crippen LogP contribution in [0.3, 0.4) is 0 Å². The number of hydrazone groups is 1. The number of methoxy groups -OCH3 is 1. The molecule has 3 N–H and O–H groups in total. The minimum absolute atomic E-state index is 0.513. The Morgan fingerprint density at radius 1 is 1.32 bits per heavy atom. The molecule has 0 fully saturated rings. The molecule has 6 nitrogen and oxygen atoms in total. The molecule has 0 aliphatic rings. The Morgan fingerprint density at radius 2 is 2.05 bits per heavy atom. The van der Waals surface area contributed by atoms with E-state index in [1.807, 2.05) is 30.3 Å². The molecular formula is C13H13N3O3. The molecule has 0 aliphatic heterocycles. The molecule has 2 amide bonds. The first-order valence-corrected chi connectivity index (χ1v) is 5.52. The smallest absolute Gasteiger partial charge is 0.332 e. The van der Waals surface area contributed by atoms with Gasteiger partial charge in [0.2, 0.25) is 0 Å². The van der Waals surface area contributed by atoms with Gasteiger partial charge in [-0.05, 0) is 36.4 Å². The van der Waals surface area contributed by atoms with Crippen molar-refractivity contribution in [2.75, 3.05) is 7.11 Å². The highest BCUT2D eigenvalue weighted by molar-refractivity contribution is 5.79. The highest BCUT2D eigenvalue weighted by Gasteiger charge is 2.03. The van der Waals surface area contributed by atoms with Crippen LogP contribution in [-0.2, 0) is 0 Å². The number of amides is 2. The summed E-state index contributed by atoms with van der Waals surface area (Å²) >= 11 is 0. The molecule has 19 heavy (non-hydrogen) atoms. The number of hydrogen-bond acceptors (Lipinski definition) is 4. The topological polar surface area (TPSA) is 89.9 Å². The molecule has 98 valence electrons. The lowest BCUT2D eigenvalue weighted by Gasteiger charge is -2.00. The number of nitrogens with two attached hydrogens (primary N) is 1. The molecule has 0 spiro atoms. The fraction of sp³-hybridized carbons (Fsp3) is 0.0769. The summed E-state index contributed by atoms with van der Waals surface area (Å²) in [5, 5.41) is 3.61. The zero-order valence-corrected chi connectivity index (χ0v) is 10.3. The molecule has 6 heteroatoms. The molecule has 0 unspecified atom stereocenters. The molecule has 0 aliphatic carbocycles. The lowest BCUT2D eigenvalue weighted by atomic mass is 10.2. The van der Waals surface area contributed by atoms with Gasteiger partial charge in [-0.2, -0.15) is 5.10 Å². The molecule has 1 heterocycles. The predicted octanol–water partition coefficient (Wildman–Crippen LogP) is 1.96. The summed E-state index contributed by atoms with van der Waals surface area (Å²) in [5.41, 5.74) is 7.88. The van der Waals surface area contributed by atoms with Crippen molar-refractivity contribution in [2.45, 2.75) is 0 Å². The van der Waals surface area contributed by atoms with Gasteiger partial charge in [-0.15, -0.1) is 0 Å². The Hall–Kier alpha value is -2.76. The second-order valence-corrected chi connectivity index (χ2v) is 3.66. The summed E-state index contributed by atoms with van der Waals surface area (Å²) < 4.78 is 10.6. The summed E-state index contributed by atoms with van der Waals surface area (Å²) in [6, 6.07) is 10.3. The van der Waals surface area contributed by atoms with Crippen LogP contribution in [0.2, 0.25) is 0 Å². The summed E-state index contributed by atoms with van der Waals surface area (Å²) in [5.74, 6) is 1.99. The number of carbonyl (C=O) groups excluding carboxylic acids is 1. The van der Waals surface area contributed by atoms with Crippen molar-refractivity contribution in [3.63, 3.8) is 0 Å². The largest absolute Gasteiger partial charge is 0.497 e. The number of nitrogens with one attached hydrogen (secondary N) is 1.